The van der Waals surface area contributed by atoms with E-state index in [0.717, 1.165) is 0 Å². The van der Waals surface area contributed by atoms with Crippen LogP contribution in [0.15, 0.2) is 0 Å². The first-order chi connectivity index (χ1) is 12.5. The monoisotopic (exact) mass is 420 g/mol. The molecule has 7 nitrogen and oxygen atoms in total. The minimum Gasteiger partial charge on any atom is -0.347 e. The summed E-state index contributed by atoms with van der Waals surface area (Å²) in [5.74, 6) is -1.97. The molecular weight excluding hydrogens is 393 g/mol. The lowest BCUT2D eigenvalue weighted by Crippen LogP contribution is -2.47. The Hall–Kier alpha value is -0.460. The lowest BCUT2D eigenvalue weighted by Gasteiger charge is -2.31. The van der Waals surface area contributed by atoms with Crippen LogP contribution in [0.4, 0.5) is 13.2 Å². The van der Waals surface area contributed by atoms with Gasteiger partial charge in [0, 0.05) is 0 Å². The first kappa shape index (κ1) is 22.8. The van der Waals surface area contributed by atoms with Crippen molar-refractivity contribution in [2.45, 2.75) is 88.8 Å². The van der Waals surface area contributed by atoms with E-state index < -0.39 is 45.5 Å². The smallest absolute Gasteiger partial charge is 0.347 e. The summed E-state index contributed by atoms with van der Waals surface area (Å²) in [4.78, 5) is 0. The summed E-state index contributed by atoms with van der Waals surface area (Å²) in [5.41, 5.74) is -5.55. The minimum atomic E-state index is -5.84. The van der Waals surface area contributed by atoms with Gasteiger partial charge < -0.3 is 18.9 Å². The van der Waals surface area contributed by atoms with Crippen molar-refractivity contribution in [1.82, 2.24) is 0 Å². The average Bonchev–Trinajstić information content (AvgIpc) is 3.24. The topological polar surface area (TPSA) is 80.3 Å². The highest BCUT2D eigenvalue weighted by molar-refractivity contribution is 7.87. The molecule has 2 saturated heterocycles. The van der Waals surface area contributed by atoms with Gasteiger partial charge in [0.15, 0.2) is 11.6 Å². The van der Waals surface area contributed by atoms with Gasteiger partial charge >= 0.3 is 15.6 Å². The van der Waals surface area contributed by atoms with Crippen LogP contribution in [-0.4, -0.2) is 57.0 Å². The number of hydrogen-bond acceptors (Lipinski definition) is 7. The molecule has 2 fully saturated rings. The van der Waals surface area contributed by atoms with Crippen LogP contribution in [0.3, 0.4) is 0 Å². The van der Waals surface area contributed by atoms with E-state index in [0.29, 0.717) is 25.7 Å². The number of ether oxygens (including phenoxy) is 4. The van der Waals surface area contributed by atoms with Gasteiger partial charge in [0.1, 0.15) is 18.3 Å². The SMILES string of the molecule is CCC1(CC)OC[C@@H](C(OS(=O)(=O)C(F)(F)F)[C@@H]2COC(CC)(CC)O2)O1. The van der Waals surface area contributed by atoms with Crippen LogP contribution >= 0.6 is 0 Å². The summed E-state index contributed by atoms with van der Waals surface area (Å²) in [6.07, 6.45) is -1.82. The minimum absolute atomic E-state index is 0.106. The molecule has 2 aliphatic heterocycles. The van der Waals surface area contributed by atoms with Crippen molar-refractivity contribution in [3.63, 3.8) is 0 Å². The van der Waals surface area contributed by atoms with E-state index in [9.17, 15) is 21.6 Å². The second-order valence-electron chi connectivity index (χ2n) is 6.63. The Balaban J connectivity index is 2.28. The molecule has 0 aromatic heterocycles. The number of alkyl halides is 3. The molecule has 2 rings (SSSR count). The third-order valence-corrected chi connectivity index (χ3v) is 6.20. The van der Waals surface area contributed by atoms with E-state index in [1.54, 1.807) is 0 Å². The van der Waals surface area contributed by atoms with Gasteiger partial charge in [0.05, 0.1) is 13.2 Å². The van der Waals surface area contributed by atoms with Crippen molar-refractivity contribution in [1.29, 1.82) is 0 Å². The largest absolute Gasteiger partial charge is 0.523 e. The summed E-state index contributed by atoms with van der Waals surface area (Å²) >= 11 is 0. The van der Waals surface area contributed by atoms with Crippen LogP contribution in [0.25, 0.3) is 0 Å². The van der Waals surface area contributed by atoms with Gasteiger partial charge in [-0.15, -0.1) is 0 Å². The third kappa shape index (κ3) is 4.59. The molecule has 0 N–H and O–H groups in total. The Morgan fingerprint density at radius 1 is 0.926 bits per heavy atom. The first-order valence-electron chi connectivity index (χ1n) is 9.10. The van der Waals surface area contributed by atoms with Crippen molar-refractivity contribution in [2.75, 3.05) is 13.2 Å². The summed E-state index contributed by atoms with van der Waals surface area (Å²) in [5, 5.41) is 0. The Kier molecular flexibility index (Phi) is 6.86. The molecule has 2 aliphatic rings. The normalized spacial score (nSPS) is 28.1. The van der Waals surface area contributed by atoms with Crippen molar-refractivity contribution in [3.05, 3.63) is 0 Å². The Morgan fingerprint density at radius 3 is 1.56 bits per heavy atom. The van der Waals surface area contributed by atoms with E-state index in [4.69, 9.17) is 18.9 Å². The van der Waals surface area contributed by atoms with Gasteiger partial charge in [-0.2, -0.15) is 21.6 Å². The van der Waals surface area contributed by atoms with Gasteiger partial charge in [-0.3, -0.25) is 4.18 Å². The van der Waals surface area contributed by atoms with Gasteiger partial charge in [-0.25, -0.2) is 0 Å². The molecular formula is C16H27F3O7S. The average molecular weight is 420 g/mol. The Morgan fingerprint density at radius 2 is 1.30 bits per heavy atom. The molecule has 0 amide bonds. The predicted octanol–water partition coefficient (Wildman–Crippen LogP) is 3.08. The number of hydrogen-bond donors (Lipinski definition) is 0. The zero-order chi connectivity index (χ0) is 20.5. The number of halogens is 3. The van der Waals surface area contributed by atoms with Crippen LogP contribution < -0.4 is 0 Å². The zero-order valence-electron chi connectivity index (χ0n) is 15.9. The third-order valence-electron chi connectivity index (χ3n) is 5.16. The molecule has 0 aromatic carbocycles. The maximum atomic E-state index is 12.9. The summed E-state index contributed by atoms with van der Waals surface area (Å²) in [6, 6.07) is 0. The highest BCUT2D eigenvalue weighted by atomic mass is 32.2. The van der Waals surface area contributed by atoms with Gasteiger partial charge in [-0.1, -0.05) is 27.7 Å². The van der Waals surface area contributed by atoms with Crippen molar-refractivity contribution >= 4 is 10.1 Å². The fourth-order valence-electron chi connectivity index (χ4n) is 3.29. The van der Waals surface area contributed by atoms with Crippen molar-refractivity contribution in [3.8, 4) is 0 Å². The number of rotatable bonds is 8. The highest BCUT2D eigenvalue weighted by Gasteiger charge is 2.55. The lowest BCUT2D eigenvalue weighted by molar-refractivity contribution is -0.202. The van der Waals surface area contributed by atoms with Crippen LogP contribution in [0.5, 0.6) is 0 Å². The van der Waals surface area contributed by atoms with Crippen LogP contribution in [0.1, 0.15) is 53.4 Å². The lowest BCUT2D eigenvalue weighted by atomic mass is 10.1. The molecule has 11 heteroatoms. The second-order valence-corrected chi connectivity index (χ2v) is 8.19. The standard InChI is InChI=1S/C16H27F3O7S/c1-5-14(6-2)22-9-11(24-14)13(26-27(20,21)16(17,18)19)12-10-23-15(7-3,8-4)25-12/h11-13H,5-10H2,1-4H3/t11-,12-/m0/s1. The quantitative estimate of drug-likeness (QED) is 0.441. The molecule has 0 aliphatic carbocycles. The van der Waals surface area contributed by atoms with Crippen molar-refractivity contribution in [2.24, 2.45) is 0 Å². The van der Waals surface area contributed by atoms with Crippen LogP contribution in [0, 0.1) is 0 Å². The predicted molar refractivity (Wildman–Crippen MR) is 88.1 cm³/mol. The van der Waals surface area contributed by atoms with Crippen LogP contribution in [0.2, 0.25) is 0 Å². The maximum absolute atomic E-state index is 12.9. The maximum Gasteiger partial charge on any atom is 0.523 e. The van der Waals surface area contributed by atoms with E-state index >= 15 is 0 Å². The van der Waals surface area contributed by atoms with E-state index in [1.807, 2.05) is 27.7 Å². The van der Waals surface area contributed by atoms with Gasteiger partial charge in [-0.05, 0) is 25.7 Å². The van der Waals surface area contributed by atoms with Gasteiger partial charge in [0.25, 0.3) is 0 Å². The molecule has 0 radical (unpaired) electrons. The molecule has 160 valence electrons. The fraction of sp³-hybridized carbons (Fsp3) is 1.00. The molecule has 0 spiro atoms. The summed E-state index contributed by atoms with van der Waals surface area (Å²) in [6.45, 7) is 7.02. The molecule has 0 aromatic rings. The molecule has 0 bridgehead atoms. The van der Waals surface area contributed by atoms with Crippen LogP contribution in [-0.2, 0) is 33.2 Å². The van der Waals surface area contributed by atoms with Gasteiger partial charge in [0.2, 0.25) is 0 Å². The van der Waals surface area contributed by atoms with E-state index in [-0.39, 0.29) is 13.2 Å². The van der Waals surface area contributed by atoms with E-state index in [1.165, 1.54) is 0 Å². The fourth-order valence-corrected chi connectivity index (χ4v) is 3.93. The molecule has 2 heterocycles. The Bertz CT molecular complexity index is 570. The molecule has 0 saturated carbocycles. The molecule has 2 atom stereocenters. The second kappa shape index (κ2) is 8.11. The first-order valence-corrected chi connectivity index (χ1v) is 10.5. The highest BCUT2D eigenvalue weighted by Crippen LogP contribution is 2.39. The summed E-state index contributed by atoms with van der Waals surface area (Å²) in [7, 11) is -5.84. The Labute approximate surface area is 157 Å². The zero-order valence-corrected chi connectivity index (χ0v) is 16.7. The molecule has 27 heavy (non-hydrogen) atoms. The van der Waals surface area contributed by atoms with E-state index in [2.05, 4.69) is 4.18 Å². The van der Waals surface area contributed by atoms with Crippen molar-refractivity contribution < 1.29 is 44.7 Å². The summed E-state index contributed by atoms with van der Waals surface area (Å²) < 4.78 is 89.3. The molecule has 0 unspecified atom stereocenters.